The fourth-order valence-corrected chi connectivity index (χ4v) is 2.54. The Morgan fingerprint density at radius 1 is 1.00 bits per heavy atom. The van der Waals surface area contributed by atoms with Crippen LogP contribution in [0.4, 0.5) is 0 Å². The Morgan fingerprint density at radius 3 is 2.53 bits per heavy atom. The molecule has 0 unspecified atom stereocenters. The highest BCUT2D eigenvalue weighted by atomic mass is 16.5. The third-order valence-electron chi connectivity index (χ3n) is 3.50. The van der Waals surface area contributed by atoms with Gasteiger partial charge in [-0.15, -0.1) is 0 Å². The summed E-state index contributed by atoms with van der Waals surface area (Å²) in [5.74, 6) is 0.976. The van der Waals surface area contributed by atoms with E-state index in [1.165, 1.54) is 22.0 Å². The van der Waals surface area contributed by atoms with E-state index in [2.05, 4.69) is 60.2 Å². The first-order valence-electron chi connectivity index (χ1n) is 6.46. The van der Waals surface area contributed by atoms with Crippen molar-refractivity contribution in [1.82, 2.24) is 4.57 Å². The van der Waals surface area contributed by atoms with E-state index in [0.29, 0.717) is 0 Å². The van der Waals surface area contributed by atoms with Crippen LogP contribution in [0.3, 0.4) is 0 Å². The first kappa shape index (κ1) is 11.8. The van der Waals surface area contributed by atoms with Gasteiger partial charge < -0.3 is 9.30 Å². The quantitative estimate of drug-likeness (QED) is 0.686. The molecule has 1 aromatic heterocycles. The minimum Gasteiger partial charge on any atom is -0.496 e. The second-order valence-electron chi connectivity index (χ2n) is 4.78. The highest BCUT2D eigenvalue weighted by molar-refractivity contribution is 5.87. The van der Waals surface area contributed by atoms with E-state index in [-0.39, 0.29) is 0 Å². The Labute approximate surface area is 113 Å². The average Bonchev–Trinajstić information content (AvgIpc) is 2.83. The maximum atomic E-state index is 5.51. The summed E-state index contributed by atoms with van der Waals surface area (Å²) in [6.45, 7) is 2.96. The lowest BCUT2D eigenvalue weighted by Gasteiger charge is -2.09. The van der Waals surface area contributed by atoms with Gasteiger partial charge in [-0.3, -0.25) is 0 Å². The van der Waals surface area contributed by atoms with Crippen LogP contribution in [0.2, 0.25) is 0 Å². The molecule has 2 nitrogen and oxygen atoms in total. The van der Waals surface area contributed by atoms with E-state index in [1.807, 2.05) is 6.07 Å². The normalized spacial score (nSPS) is 10.8. The van der Waals surface area contributed by atoms with Crippen molar-refractivity contribution in [3.05, 3.63) is 65.9 Å². The van der Waals surface area contributed by atoms with E-state index >= 15 is 0 Å². The van der Waals surface area contributed by atoms with Crippen LogP contribution in [-0.2, 0) is 6.54 Å². The third-order valence-corrected chi connectivity index (χ3v) is 3.50. The highest BCUT2D eigenvalue weighted by Crippen LogP contribution is 2.30. The minimum absolute atomic E-state index is 0.885. The van der Waals surface area contributed by atoms with Crippen molar-refractivity contribution >= 4 is 10.9 Å². The molecule has 96 valence electrons. The summed E-state index contributed by atoms with van der Waals surface area (Å²) in [6.07, 6.45) is 2.12. The monoisotopic (exact) mass is 251 g/mol. The number of aryl methyl sites for hydroxylation is 1. The van der Waals surface area contributed by atoms with Crippen LogP contribution in [0, 0.1) is 6.92 Å². The Bertz CT molecular complexity index is 698. The van der Waals surface area contributed by atoms with Crippen molar-refractivity contribution in [2.24, 2.45) is 0 Å². The van der Waals surface area contributed by atoms with E-state index in [1.54, 1.807) is 7.11 Å². The number of aromatic nitrogens is 1. The van der Waals surface area contributed by atoms with Crippen molar-refractivity contribution in [2.45, 2.75) is 13.5 Å². The summed E-state index contributed by atoms with van der Waals surface area (Å²) < 4.78 is 7.77. The molecular weight excluding hydrogens is 234 g/mol. The molecule has 0 spiro atoms. The predicted octanol–water partition coefficient (Wildman–Crippen LogP) is 4.01. The second-order valence-corrected chi connectivity index (χ2v) is 4.78. The molecule has 19 heavy (non-hydrogen) atoms. The zero-order chi connectivity index (χ0) is 13.2. The van der Waals surface area contributed by atoms with E-state index in [0.717, 1.165) is 12.3 Å². The molecule has 0 saturated carbocycles. The van der Waals surface area contributed by atoms with Crippen LogP contribution in [0.25, 0.3) is 10.9 Å². The fraction of sp³-hybridized carbons (Fsp3) is 0.176. The molecule has 0 saturated heterocycles. The lowest BCUT2D eigenvalue weighted by atomic mass is 10.1. The second kappa shape index (κ2) is 4.81. The molecule has 3 aromatic rings. The zero-order valence-corrected chi connectivity index (χ0v) is 11.3. The lowest BCUT2D eigenvalue weighted by molar-refractivity contribution is 0.417. The van der Waals surface area contributed by atoms with Crippen LogP contribution in [0.15, 0.2) is 54.7 Å². The van der Waals surface area contributed by atoms with Crippen molar-refractivity contribution < 1.29 is 4.74 Å². The van der Waals surface area contributed by atoms with Gasteiger partial charge in [0.05, 0.1) is 12.6 Å². The molecule has 2 heteroatoms. The molecule has 1 heterocycles. The number of fused-ring (bicyclic) bond motifs is 1. The molecule has 2 aromatic carbocycles. The van der Waals surface area contributed by atoms with Gasteiger partial charge in [-0.1, -0.05) is 36.4 Å². The predicted molar refractivity (Wildman–Crippen MR) is 78.8 cm³/mol. The van der Waals surface area contributed by atoms with Gasteiger partial charge >= 0.3 is 0 Å². The van der Waals surface area contributed by atoms with Gasteiger partial charge in [0.2, 0.25) is 0 Å². The fourth-order valence-electron chi connectivity index (χ4n) is 2.54. The van der Waals surface area contributed by atoms with Gasteiger partial charge in [0.25, 0.3) is 0 Å². The number of nitrogens with zero attached hydrogens (tertiary/aromatic N) is 1. The summed E-state index contributed by atoms with van der Waals surface area (Å²) >= 11 is 0. The van der Waals surface area contributed by atoms with Crippen LogP contribution in [0.5, 0.6) is 5.75 Å². The molecule has 0 N–H and O–H groups in total. The number of hydrogen-bond donors (Lipinski definition) is 0. The Kier molecular flexibility index (Phi) is 3.00. The number of benzene rings is 2. The smallest absolute Gasteiger partial charge is 0.131 e. The van der Waals surface area contributed by atoms with Crippen molar-refractivity contribution in [3.8, 4) is 5.75 Å². The Hall–Kier alpha value is -2.22. The van der Waals surface area contributed by atoms with Gasteiger partial charge in [-0.25, -0.2) is 0 Å². The molecule has 0 atom stereocenters. The number of rotatable bonds is 3. The summed E-state index contributed by atoms with van der Waals surface area (Å²) in [7, 11) is 1.73. The Balaban J connectivity index is 2.07. The number of hydrogen-bond acceptors (Lipinski definition) is 1. The molecule has 0 aliphatic heterocycles. The summed E-state index contributed by atoms with van der Waals surface area (Å²) in [5.41, 5.74) is 3.69. The molecule has 0 aliphatic rings. The lowest BCUT2D eigenvalue weighted by Crippen LogP contribution is -1.97. The van der Waals surface area contributed by atoms with Gasteiger partial charge in [-0.2, -0.15) is 0 Å². The summed E-state index contributed by atoms with van der Waals surface area (Å²) in [5, 5.41) is 1.18. The van der Waals surface area contributed by atoms with Crippen molar-refractivity contribution in [3.63, 3.8) is 0 Å². The molecule has 0 fully saturated rings. The van der Waals surface area contributed by atoms with E-state index in [9.17, 15) is 0 Å². The average molecular weight is 251 g/mol. The summed E-state index contributed by atoms with van der Waals surface area (Å²) in [4.78, 5) is 0. The minimum atomic E-state index is 0.885. The summed E-state index contributed by atoms with van der Waals surface area (Å²) in [6, 6.07) is 16.9. The van der Waals surface area contributed by atoms with Crippen molar-refractivity contribution in [2.75, 3.05) is 7.11 Å². The Morgan fingerprint density at radius 2 is 1.79 bits per heavy atom. The maximum Gasteiger partial charge on any atom is 0.131 e. The highest BCUT2D eigenvalue weighted by Gasteiger charge is 2.08. The zero-order valence-electron chi connectivity index (χ0n) is 11.3. The van der Waals surface area contributed by atoms with Gasteiger partial charge in [0.1, 0.15) is 5.75 Å². The number of methoxy groups -OCH3 is 1. The van der Waals surface area contributed by atoms with Crippen LogP contribution in [0.1, 0.15) is 11.1 Å². The first-order valence-corrected chi connectivity index (χ1v) is 6.46. The van der Waals surface area contributed by atoms with Gasteiger partial charge in [0, 0.05) is 18.1 Å². The number of ether oxygens (including phenoxy) is 1. The van der Waals surface area contributed by atoms with Crippen LogP contribution < -0.4 is 4.74 Å². The van der Waals surface area contributed by atoms with Crippen LogP contribution >= 0.6 is 0 Å². The van der Waals surface area contributed by atoms with Gasteiger partial charge in [-0.05, 0) is 30.2 Å². The van der Waals surface area contributed by atoms with Crippen molar-refractivity contribution in [1.29, 1.82) is 0 Å². The molecular formula is C17H17NO. The molecule has 0 aliphatic carbocycles. The topological polar surface area (TPSA) is 14.2 Å². The van der Waals surface area contributed by atoms with E-state index < -0.39 is 0 Å². The first-order chi connectivity index (χ1) is 9.29. The standard InChI is InChI=1S/C17H17NO/c1-13-8-9-16-15(17(13)19-2)10-11-18(16)12-14-6-4-3-5-7-14/h3-11H,12H2,1-2H3. The van der Waals surface area contributed by atoms with E-state index in [4.69, 9.17) is 4.74 Å². The SMILES string of the molecule is COc1c(C)ccc2c1ccn2Cc1ccccc1. The van der Waals surface area contributed by atoms with Gasteiger partial charge in [0.15, 0.2) is 0 Å². The molecule has 3 rings (SSSR count). The molecule has 0 bridgehead atoms. The largest absolute Gasteiger partial charge is 0.496 e. The maximum absolute atomic E-state index is 5.51. The molecule has 0 amide bonds. The van der Waals surface area contributed by atoms with Crippen LogP contribution in [-0.4, -0.2) is 11.7 Å². The molecule has 0 radical (unpaired) electrons. The third kappa shape index (κ3) is 2.10.